The molecule has 50 valence electrons. The minimum Gasteiger partial charge on any atom is -0.431 e. The fraction of sp³-hybridized carbons (Fsp3) is 0.167. The van der Waals surface area contributed by atoms with Crippen LogP contribution in [0.3, 0.4) is 0 Å². The predicted octanol–water partition coefficient (Wildman–Crippen LogP) is 1.82. The molecule has 3 heteroatoms. The minimum atomic E-state index is -0.575. The van der Waals surface area contributed by atoms with Crippen molar-refractivity contribution < 1.29 is 9.53 Å². The van der Waals surface area contributed by atoms with Crippen molar-refractivity contribution in [1.82, 2.24) is 0 Å². The molecule has 0 heterocycles. The van der Waals surface area contributed by atoms with Crippen molar-refractivity contribution >= 4 is 17.6 Å². The molecule has 0 amide bonds. The average molecular weight is 147 g/mol. The molecule has 0 aromatic rings. The van der Waals surface area contributed by atoms with Gasteiger partial charge in [-0.15, -0.1) is 0 Å². The largest absolute Gasteiger partial charge is 0.431 e. The van der Waals surface area contributed by atoms with Crippen molar-refractivity contribution in [3.05, 3.63) is 23.9 Å². The van der Waals surface area contributed by atoms with Gasteiger partial charge in [-0.05, 0) is 6.92 Å². The molecular formula is C6H7ClO2. The normalized spacial score (nSPS) is 10.7. The SMILES string of the molecule is C=COC(=O)C(Cl)=CC. The van der Waals surface area contributed by atoms with Crippen LogP contribution in [0.25, 0.3) is 0 Å². The van der Waals surface area contributed by atoms with Gasteiger partial charge in [0.1, 0.15) is 5.03 Å². The van der Waals surface area contributed by atoms with Crippen molar-refractivity contribution in [3.63, 3.8) is 0 Å². The van der Waals surface area contributed by atoms with Crippen LogP contribution in [0.5, 0.6) is 0 Å². The molecule has 0 aliphatic carbocycles. The monoisotopic (exact) mass is 146 g/mol. The van der Waals surface area contributed by atoms with Crippen LogP contribution < -0.4 is 0 Å². The maximum atomic E-state index is 10.5. The summed E-state index contributed by atoms with van der Waals surface area (Å²) >= 11 is 5.33. The Morgan fingerprint density at radius 2 is 2.33 bits per heavy atom. The highest BCUT2D eigenvalue weighted by molar-refractivity contribution is 6.41. The van der Waals surface area contributed by atoms with Crippen LogP contribution in [-0.2, 0) is 9.53 Å². The van der Waals surface area contributed by atoms with E-state index < -0.39 is 5.97 Å². The van der Waals surface area contributed by atoms with E-state index >= 15 is 0 Å². The summed E-state index contributed by atoms with van der Waals surface area (Å²) in [6.07, 6.45) is 2.49. The Hall–Kier alpha value is -0.760. The first-order valence-electron chi connectivity index (χ1n) is 2.36. The Bertz CT molecular complexity index is 149. The van der Waals surface area contributed by atoms with Gasteiger partial charge in [-0.3, -0.25) is 0 Å². The number of rotatable bonds is 2. The highest BCUT2D eigenvalue weighted by atomic mass is 35.5. The topological polar surface area (TPSA) is 26.3 Å². The van der Waals surface area contributed by atoms with Crippen molar-refractivity contribution in [2.45, 2.75) is 6.92 Å². The van der Waals surface area contributed by atoms with E-state index in [4.69, 9.17) is 11.6 Å². The maximum Gasteiger partial charge on any atom is 0.354 e. The highest BCUT2D eigenvalue weighted by Gasteiger charge is 2.02. The molecule has 9 heavy (non-hydrogen) atoms. The first-order chi connectivity index (χ1) is 4.22. The van der Waals surface area contributed by atoms with Crippen LogP contribution in [0.15, 0.2) is 23.9 Å². The van der Waals surface area contributed by atoms with Crippen LogP contribution in [0.2, 0.25) is 0 Å². The lowest BCUT2D eigenvalue weighted by Crippen LogP contribution is -1.97. The molecule has 0 unspecified atom stereocenters. The number of ether oxygens (including phenoxy) is 1. The van der Waals surface area contributed by atoms with E-state index in [0.29, 0.717) is 0 Å². The first-order valence-corrected chi connectivity index (χ1v) is 2.74. The summed E-state index contributed by atoms with van der Waals surface area (Å²) in [5.41, 5.74) is 0. The van der Waals surface area contributed by atoms with E-state index in [1.807, 2.05) is 0 Å². The zero-order valence-corrected chi connectivity index (χ0v) is 5.81. The summed E-state index contributed by atoms with van der Waals surface area (Å²) < 4.78 is 4.32. The molecule has 0 spiro atoms. The van der Waals surface area contributed by atoms with E-state index in [0.717, 1.165) is 6.26 Å². The lowest BCUT2D eigenvalue weighted by molar-refractivity contribution is -0.132. The molecular weight excluding hydrogens is 140 g/mol. The van der Waals surface area contributed by atoms with Crippen molar-refractivity contribution in [1.29, 1.82) is 0 Å². The van der Waals surface area contributed by atoms with E-state index in [9.17, 15) is 4.79 Å². The number of carbonyl (C=O) groups is 1. The van der Waals surface area contributed by atoms with Crippen LogP contribution in [0.1, 0.15) is 6.92 Å². The number of carbonyl (C=O) groups excluding carboxylic acids is 1. The molecule has 0 saturated heterocycles. The van der Waals surface area contributed by atoms with Gasteiger partial charge in [0.25, 0.3) is 0 Å². The lowest BCUT2D eigenvalue weighted by atomic mass is 10.5. The van der Waals surface area contributed by atoms with Gasteiger partial charge < -0.3 is 4.74 Å². The molecule has 0 aliphatic heterocycles. The molecule has 0 bridgehead atoms. The second-order valence-electron chi connectivity index (χ2n) is 1.21. The van der Waals surface area contributed by atoms with Crippen LogP contribution in [-0.4, -0.2) is 5.97 Å². The second kappa shape index (κ2) is 4.15. The highest BCUT2D eigenvalue weighted by Crippen LogP contribution is 2.02. The number of allylic oxidation sites excluding steroid dienone is 1. The fourth-order valence-electron chi connectivity index (χ4n) is 0.250. The summed E-state index contributed by atoms with van der Waals surface area (Å²) in [6.45, 7) is 4.83. The van der Waals surface area contributed by atoms with Gasteiger partial charge in [0.15, 0.2) is 0 Å². The number of halogens is 1. The smallest absolute Gasteiger partial charge is 0.354 e. The summed E-state index contributed by atoms with van der Waals surface area (Å²) in [7, 11) is 0. The summed E-state index contributed by atoms with van der Waals surface area (Å²) in [6, 6.07) is 0. The average Bonchev–Trinajstić information content (AvgIpc) is 1.87. The second-order valence-corrected chi connectivity index (χ2v) is 1.62. The van der Waals surface area contributed by atoms with Gasteiger partial charge in [-0.2, -0.15) is 0 Å². The molecule has 0 aliphatic rings. The van der Waals surface area contributed by atoms with E-state index in [1.54, 1.807) is 6.92 Å². The maximum absolute atomic E-state index is 10.5. The zero-order valence-electron chi connectivity index (χ0n) is 5.06. The fourth-order valence-corrected chi connectivity index (χ4v) is 0.294. The third-order valence-corrected chi connectivity index (χ3v) is 1.01. The first kappa shape index (κ1) is 8.24. The Morgan fingerprint density at radius 3 is 2.67 bits per heavy atom. The molecule has 0 N–H and O–H groups in total. The van der Waals surface area contributed by atoms with Crippen molar-refractivity contribution in [3.8, 4) is 0 Å². The molecule has 0 atom stereocenters. The molecule has 0 radical (unpaired) electrons. The molecule has 0 aromatic heterocycles. The zero-order chi connectivity index (χ0) is 7.28. The van der Waals surface area contributed by atoms with Gasteiger partial charge in [0.05, 0.1) is 6.26 Å². The van der Waals surface area contributed by atoms with Gasteiger partial charge in [0, 0.05) is 0 Å². The Balaban J connectivity index is 3.88. The predicted molar refractivity (Wildman–Crippen MR) is 35.9 cm³/mol. The number of hydrogen-bond acceptors (Lipinski definition) is 2. The Morgan fingerprint density at radius 1 is 1.78 bits per heavy atom. The molecule has 2 nitrogen and oxygen atoms in total. The Kier molecular flexibility index (Phi) is 3.80. The van der Waals surface area contributed by atoms with Crippen LogP contribution in [0, 0.1) is 0 Å². The molecule has 0 saturated carbocycles. The van der Waals surface area contributed by atoms with E-state index in [2.05, 4.69) is 11.3 Å². The van der Waals surface area contributed by atoms with Crippen LogP contribution in [0.4, 0.5) is 0 Å². The van der Waals surface area contributed by atoms with Gasteiger partial charge in [-0.25, -0.2) is 4.79 Å². The lowest BCUT2D eigenvalue weighted by Gasteiger charge is -1.92. The number of esters is 1. The molecule has 0 fully saturated rings. The third kappa shape index (κ3) is 2.93. The summed E-state index contributed by atoms with van der Waals surface area (Å²) in [4.78, 5) is 10.5. The standard InChI is InChI=1S/C6H7ClO2/c1-3-5(7)6(8)9-4-2/h3-4H,2H2,1H3. The van der Waals surface area contributed by atoms with Crippen molar-refractivity contribution in [2.75, 3.05) is 0 Å². The third-order valence-electron chi connectivity index (χ3n) is 0.639. The summed E-state index contributed by atoms with van der Waals surface area (Å²) in [5, 5.41) is 0.0647. The molecule has 0 aromatic carbocycles. The summed E-state index contributed by atoms with van der Waals surface area (Å²) in [5.74, 6) is -0.575. The van der Waals surface area contributed by atoms with E-state index in [1.165, 1.54) is 6.08 Å². The van der Waals surface area contributed by atoms with Gasteiger partial charge in [0.2, 0.25) is 0 Å². The van der Waals surface area contributed by atoms with Crippen molar-refractivity contribution in [2.24, 2.45) is 0 Å². The van der Waals surface area contributed by atoms with E-state index in [-0.39, 0.29) is 5.03 Å². The van der Waals surface area contributed by atoms with Crippen LogP contribution >= 0.6 is 11.6 Å². The van der Waals surface area contributed by atoms with Gasteiger partial charge in [-0.1, -0.05) is 24.3 Å². The Labute approximate surface area is 58.8 Å². The minimum absolute atomic E-state index is 0.0647. The number of hydrogen-bond donors (Lipinski definition) is 0. The van der Waals surface area contributed by atoms with Gasteiger partial charge >= 0.3 is 5.97 Å². The molecule has 0 rings (SSSR count). The quantitative estimate of drug-likeness (QED) is 0.338.